The fourth-order valence-corrected chi connectivity index (χ4v) is 2.19. The second-order valence-electron chi connectivity index (χ2n) is 4.16. The maximum Gasteiger partial charge on any atom is 0.180 e. The number of imidazole rings is 1. The molecular formula is C12H16N4S. The van der Waals surface area contributed by atoms with Crippen LogP contribution in [0.2, 0.25) is 0 Å². The largest absolute Gasteiger partial charge is 0.375 e. The second kappa shape index (κ2) is 4.71. The Morgan fingerprint density at radius 2 is 2.18 bits per heavy atom. The van der Waals surface area contributed by atoms with Crippen molar-refractivity contribution in [3.8, 4) is 0 Å². The van der Waals surface area contributed by atoms with Gasteiger partial charge in [0.25, 0.3) is 0 Å². The maximum atomic E-state index is 5.58. The van der Waals surface area contributed by atoms with Gasteiger partial charge in [0.15, 0.2) is 5.13 Å². The van der Waals surface area contributed by atoms with E-state index < -0.39 is 0 Å². The highest BCUT2D eigenvalue weighted by Gasteiger charge is 2.06. The summed E-state index contributed by atoms with van der Waals surface area (Å²) in [7, 11) is 0. The van der Waals surface area contributed by atoms with E-state index in [1.54, 1.807) is 0 Å². The number of nitrogens with two attached hydrogens (primary N) is 1. The van der Waals surface area contributed by atoms with E-state index in [0.29, 0.717) is 11.2 Å². The third kappa shape index (κ3) is 2.55. The summed E-state index contributed by atoms with van der Waals surface area (Å²) in [6.45, 7) is 6.36. The van der Waals surface area contributed by atoms with Crippen LogP contribution in [0.4, 0.5) is 5.13 Å². The molecule has 0 aliphatic rings. The first-order valence-corrected chi connectivity index (χ1v) is 6.38. The molecule has 0 saturated heterocycles. The van der Waals surface area contributed by atoms with Crippen molar-refractivity contribution in [2.45, 2.75) is 26.8 Å². The molecule has 0 radical (unpaired) electrons. The summed E-state index contributed by atoms with van der Waals surface area (Å²) in [6, 6.07) is 0.430. The fourth-order valence-electron chi connectivity index (χ4n) is 1.66. The Morgan fingerprint density at radius 1 is 1.41 bits per heavy atom. The first-order valence-electron chi connectivity index (χ1n) is 5.50. The smallest absolute Gasteiger partial charge is 0.180 e. The molecular weight excluding hydrogens is 232 g/mol. The molecule has 90 valence electrons. The standard InChI is InChI=1S/C12H16N4S/c1-8(2)16-7-14-11(9(16)3)5-4-10-6-17-12(13)15-10/h4-8H,1-3H3,(H2,13,15). The van der Waals surface area contributed by atoms with Gasteiger partial charge < -0.3 is 10.3 Å². The third-order valence-corrected chi connectivity index (χ3v) is 3.28. The van der Waals surface area contributed by atoms with E-state index in [4.69, 9.17) is 5.73 Å². The van der Waals surface area contributed by atoms with E-state index in [9.17, 15) is 0 Å². The number of aromatic nitrogens is 3. The van der Waals surface area contributed by atoms with E-state index in [1.807, 2.05) is 23.9 Å². The van der Waals surface area contributed by atoms with Crippen molar-refractivity contribution in [3.63, 3.8) is 0 Å². The Balaban J connectivity index is 2.22. The lowest BCUT2D eigenvalue weighted by atomic mass is 10.2. The topological polar surface area (TPSA) is 56.7 Å². The maximum absolute atomic E-state index is 5.58. The lowest BCUT2D eigenvalue weighted by Gasteiger charge is -2.08. The predicted octanol–water partition coefficient (Wildman–Crippen LogP) is 2.98. The Kier molecular flexibility index (Phi) is 3.28. The summed E-state index contributed by atoms with van der Waals surface area (Å²) in [6.07, 6.45) is 5.78. The van der Waals surface area contributed by atoms with E-state index >= 15 is 0 Å². The van der Waals surface area contributed by atoms with Gasteiger partial charge in [0, 0.05) is 17.1 Å². The molecule has 0 bridgehead atoms. The summed E-state index contributed by atoms with van der Waals surface area (Å²) in [4.78, 5) is 8.55. The average Bonchev–Trinajstić information content (AvgIpc) is 2.82. The van der Waals surface area contributed by atoms with Gasteiger partial charge in [0.05, 0.1) is 17.7 Å². The molecule has 0 aliphatic carbocycles. The molecule has 2 heterocycles. The summed E-state index contributed by atoms with van der Waals surface area (Å²) in [5, 5.41) is 2.52. The third-order valence-electron chi connectivity index (χ3n) is 2.59. The number of rotatable bonds is 3. The molecule has 0 fully saturated rings. The van der Waals surface area contributed by atoms with Crippen molar-refractivity contribution in [3.05, 3.63) is 28.8 Å². The van der Waals surface area contributed by atoms with Crippen LogP contribution in [0.5, 0.6) is 0 Å². The second-order valence-corrected chi connectivity index (χ2v) is 5.05. The van der Waals surface area contributed by atoms with Crippen molar-refractivity contribution >= 4 is 28.6 Å². The minimum Gasteiger partial charge on any atom is -0.375 e. The average molecular weight is 248 g/mol. The van der Waals surface area contributed by atoms with Gasteiger partial charge in [-0.05, 0) is 32.9 Å². The molecule has 0 aliphatic heterocycles. The van der Waals surface area contributed by atoms with Crippen LogP contribution < -0.4 is 5.73 Å². The number of nitrogens with zero attached hydrogens (tertiary/aromatic N) is 3. The fraction of sp³-hybridized carbons (Fsp3) is 0.333. The van der Waals surface area contributed by atoms with Gasteiger partial charge in [-0.2, -0.15) is 0 Å². The van der Waals surface area contributed by atoms with Crippen LogP contribution in [0.3, 0.4) is 0 Å². The zero-order valence-electron chi connectivity index (χ0n) is 10.2. The number of hydrogen-bond donors (Lipinski definition) is 1. The first-order chi connectivity index (χ1) is 8.08. The highest BCUT2D eigenvalue weighted by Crippen LogP contribution is 2.17. The Labute approximate surface area is 105 Å². The Bertz CT molecular complexity index is 536. The van der Waals surface area contributed by atoms with Crippen molar-refractivity contribution in [1.82, 2.24) is 14.5 Å². The van der Waals surface area contributed by atoms with E-state index in [1.165, 1.54) is 17.0 Å². The Morgan fingerprint density at radius 3 is 2.71 bits per heavy atom. The van der Waals surface area contributed by atoms with E-state index in [0.717, 1.165) is 11.4 Å². The number of thiazole rings is 1. The van der Waals surface area contributed by atoms with Gasteiger partial charge in [-0.25, -0.2) is 9.97 Å². The molecule has 2 aromatic rings. The van der Waals surface area contributed by atoms with Crippen molar-refractivity contribution < 1.29 is 0 Å². The van der Waals surface area contributed by atoms with Gasteiger partial charge in [-0.1, -0.05) is 0 Å². The molecule has 2 rings (SSSR count). The minimum absolute atomic E-state index is 0.430. The monoisotopic (exact) mass is 248 g/mol. The van der Waals surface area contributed by atoms with Crippen LogP contribution in [-0.2, 0) is 0 Å². The minimum atomic E-state index is 0.430. The molecule has 0 spiro atoms. The molecule has 2 N–H and O–H groups in total. The molecule has 5 heteroatoms. The summed E-state index contributed by atoms with van der Waals surface area (Å²) in [5.74, 6) is 0. The molecule has 0 amide bonds. The van der Waals surface area contributed by atoms with Crippen molar-refractivity contribution in [1.29, 1.82) is 0 Å². The van der Waals surface area contributed by atoms with Crippen LogP contribution in [0.15, 0.2) is 11.7 Å². The molecule has 0 aromatic carbocycles. The van der Waals surface area contributed by atoms with Gasteiger partial charge in [0.2, 0.25) is 0 Å². The lowest BCUT2D eigenvalue weighted by molar-refractivity contribution is 0.585. The Hall–Kier alpha value is -1.62. The van der Waals surface area contributed by atoms with Crippen LogP contribution in [0.25, 0.3) is 12.2 Å². The van der Waals surface area contributed by atoms with Gasteiger partial charge in [-0.15, -0.1) is 11.3 Å². The summed E-state index contributed by atoms with van der Waals surface area (Å²) in [5.41, 5.74) is 8.60. The van der Waals surface area contributed by atoms with Crippen molar-refractivity contribution in [2.24, 2.45) is 0 Å². The quantitative estimate of drug-likeness (QED) is 0.908. The number of anilines is 1. The molecule has 17 heavy (non-hydrogen) atoms. The molecule has 0 unspecified atom stereocenters. The van der Waals surface area contributed by atoms with Gasteiger partial charge >= 0.3 is 0 Å². The van der Waals surface area contributed by atoms with Crippen molar-refractivity contribution in [2.75, 3.05) is 5.73 Å². The predicted molar refractivity (Wildman–Crippen MR) is 72.8 cm³/mol. The van der Waals surface area contributed by atoms with Gasteiger partial charge in [-0.3, -0.25) is 0 Å². The number of hydrogen-bond acceptors (Lipinski definition) is 4. The molecule has 0 saturated carbocycles. The van der Waals surface area contributed by atoms with Crippen LogP contribution >= 0.6 is 11.3 Å². The van der Waals surface area contributed by atoms with Crippen LogP contribution in [-0.4, -0.2) is 14.5 Å². The van der Waals surface area contributed by atoms with E-state index in [-0.39, 0.29) is 0 Å². The first kappa shape index (κ1) is 11.9. The lowest BCUT2D eigenvalue weighted by Crippen LogP contribution is -2.00. The molecule has 4 nitrogen and oxygen atoms in total. The highest BCUT2D eigenvalue weighted by molar-refractivity contribution is 7.13. The zero-order chi connectivity index (χ0) is 12.4. The van der Waals surface area contributed by atoms with Crippen LogP contribution in [0, 0.1) is 6.92 Å². The normalized spacial score (nSPS) is 11.8. The SMILES string of the molecule is Cc1c(C=Cc2csc(N)n2)ncn1C(C)C. The van der Waals surface area contributed by atoms with Crippen LogP contribution in [0.1, 0.15) is 37.0 Å². The number of nitrogen functional groups attached to an aromatic ring is 1. The molecule has 0 atom stereocenters. The summed E-state index contributed by atoms with van der Waals surface area (Å²) >= 11 is 1.44. The highest BCUT2D eigenvalue weighted by atomic mass is 32.1. The van der Waals surface area contributed by atoms with Gasteiger partial charge in [0.1, 0.15) is 0 Å². The summed E-state index contributed by atoms with van der Waals surface area (Å²) < 4.78 is 2.15. The molecule has 2 aromatic heterocycles. The van der Waals surface area contributed by atoms with E-state index in [2.05, 4.69) is 35.3 Å². The zero-order valence-corrected chi connectivity index (χ0v) is 11.0.